The van der Waals surface area contributed by atoms with Crippen LogP contribution in [0.25, 0.3) is 0 Å². The van der Waals surface area contributed by atoms with Crippen LogP contribution >= 0.6 is 0 Å². The summed E-state index contributed by atoms with van der Waals surface area (Å²) >= 11 is 0. The number of carboxylic acid groups (broad SMARTS) is 1. The second-order valence-corrected chi connectivity index (χ2v) is 2.68. The smallest absolute Gasteiger partial charge is 0.328 e. The van der Waals surface area contributed by atoms with Crippen LogP contribution in [0.15, 0.2) is 12.2 Å². The van der Waals surface area contributed by atoms with Gasteiger partial charge in [-0.15, -0.1) is 0 Å². The first-order chi connectivity index (χ1) is 6.52. The van der Waals surface area contributed by atoms with E-state index in [4.69, 9.17) is 19.3 Å². The third-order valence-electron chi connectivity index (χ3n) is 2.02. The molecule has 1 N–H and O–H groups in total. The number of carbonyl (C=O) groups is 1. The van der Waals surface area contributed by atoms with Crippen LogP contribution in [0.2, 0.25) is 0 Å². The molecule has 0 aliphatic carbocycles. The van der Waals surface area contributed by atoms with E-state index in [0.717, 1.165) is 6.08 Å². The highest BCUT2D eigenvalue weighted by Crippen LogP contribution is 2.20. The van der Waals surface area contributed by atoms with Crippen LogP contribution in [0.5, 0.6) is 0 Å². The summed E-state index contributed by atoms with van der Waals surface area (Å²) in [4.78, 5) is 10.4. The first-order valence-electron chi connectivity index (χ1n) is 4.07. The molecule has 0 aromatic carbocycles. The summed E-state index contributed by atoms with van der Waals surface area (Å²) in [6.07, 6.45) is 1.86. The fraction of sp³-hybridized carbons (Fsp3) is 0.667. The first-order valence-corrected chi connectivity index (χ1v) is 4.07. The SMILES string of the molecule is COC(C)C(C=CC(=O)O)(OC)OC. The molecule has 1 atom stereocenters. The van der Waals surface area contributed by atoms with Gasteiger partial charge in [0.25, 0.3) is 0 Å². The van der Waals surface area contributed by atoms with E-state index >= 15 is 0 Å². The van der Waals surface area contributed by atoms with Gasteiger partial charge in [-0.2, -0.15) is 0 Å². The number of hydrogen-bond donors (Lipinski definition) is 1. The summed E-state index contributed by atoms with van der Waals surface area (Å²) in [5.74, 6) is -2.22. The van der Waals surface area contributed by atoms with Crippen molar-refractivity contribution in [1.29, 1.82) is 0 Å². The average molecular weight is 204 g/mol. The van der Waals surface area contributed by atoms with Crippen LogP contribution in [0, 0.1) is 0 Å². The molecule has 0 bridgehead atoms. The van der Waals surface area contributed by atoms with Crippen LogP contribution in [-0.4, -0.2) is 44.3 Å². The molecule has 0 rings (SSSR count). The van der Waals surface area contributed by atoms with Crippen LogP contribution in [0.4, 0.5) is 0 Å². The van der Waals surface area contributed by atoms with Crippen molar-refractivity contribution in [1.82, 2.24) is 0 Å². The molecule has 1 unspecified atom stereocenters. The van der Waals surface area contributed by atoms with Crippen molar-refractivity contribution in [3.8, 4) is 0 Å². The normalized spacial score (nSPS) is 14.6. The second-order valence-electron chi connectivity index (χ2n) is 2.68. The fourth-order valence-corrected chi connectivity index (χ4v) is 1.04. The zero-order valence-corrected chi connectivity index (χ0v) is 8.81. The van der Waals surface area contributed by atoms with Crippen molar-refractivity contribution >= 4 is 5.97 Å². The molecule has 0 aromatic heterocycles. The zero-order valence-electron chi connectivity index (χ0n) is 8.81. The fourth-order valence-electron chi connectivity index (χ4n) is 1.04. The predicted octanol–water partition coefficient (Wildman–Crippen LogP) is 0.651. The number of methoxy groups -OCH3 is 3. The van der Waals surface area contributed by atoms with Gasteiger partial charge in [0.1, 0.15) is 6.10 Å². The Balaban J connectivity index is 4.78. The molecule has 0 fully saturated rings. The van der Waals surface area contributed by atoms with Gasteiger partial charge in [0, 0.05) is 27.4 Å². The minimum Gasteiger partial charge on any atom is -0.478 e. The molecule has 0 radical (unpaired) electrons. The highest BCUT2D eigenvalue weighted by molar-refractivity contribution is 5.79. The Morgan fingerprint density at radius 3 is 2.14 bits per heavy atom. The third kappa shape index (κ3) is 3.10. The first kappa shape index (κ1) is 13.1. The molecule has 0 aromatic rings. The second kappa shape index (κ2) is 5.74. The summed E-state index contributed by atoms with van der Waals surface area (Å²) < 4.78 is 15.2. The zero-order chi connectivity index (χ0) is 11.2. The summed E-state index contributed by atoms with van der Waals surface area (Å²) in [5.41, 5.74) is 0. The van der Waals surface area contributed by atoms with Crippen LogP contribution in [0.3, 0.4) is 0 Å². The van der Waals surface area contributed by atoms with Gasteiger partial charge < -0.3 is 19.3 Å². The average Bonchev–Trinajstić information content (AvgIpc) is 2.19. The molecule has 0 spiro atoms. The Kier molecular flexibility index (Phi) is 5.37. The maximum Gasteiger partial charge on any atom is 0.328 e. The summed E-state index contributed by atoms with van der Waals surface area (Å²) in [6, 6.07) is 0. The van der Waals surface area contributed by atoms with Crippen molar-refractivity contribution in [3.05, 3.63) is 12.2 Å². The molecule has 14 heavy (non-hydrogen) atoms. The molecule has 0 heterocycles. The summed E-state index contributed by atoms with van der Waals surface area (Å²) in [6.45, 7) is 1.72. The Morgan fingerprint density at radius 2 is 1.86 bits per heavy atom. The standard InChI is InChI=1S/C9H16O5/c1-7(12-2)9(13-3,14-4)6-5-8(10)11/h5-7H,1-4H3,(H,10,11). The topological polar surface area (TPSA) is 65.0 Å². The number of carboxylic acids is 1. The van der Waals surface area contributed by atoms with Crippen LogP contribution in [0.1, 0.15) is 6.92 Å². The van der Waals surface area contributed by atoms with E-state index < -0.39 is 17.9 Å². The van der Waals surface area contributed by atoms with E-state index in [1.165, 1.54) is 27.4 Å². The quantitative estimate of drug-likeness (QED) is 0.508. The van der Waals surface area contributed by atoms with Gasteiger partial charge >= 0.3 is 5.97 Å². The highest BCUT2D eigenvalue weighted by atomic mass is 16.7. The largest absolute Gasteiger partial charge is 0.478 e. The number of ether oxygens (including phenoxy) is 3. The van der Waals surface area contributed by atoms with E-state index in [1.54, 1.807) is 6.92 Å². The number of hydrogen-bond acceptors (Lipinski definition) is 4. The lowest BCUT2D eigenvalue weighted by atomic mass is 10.1. The van der Waals surface area contributed by atoms with Gasteiger partial charge in [0.15, 0.2) is 0 Å². The monoisotopic (exact) mass is 204 g/mol. The minimum absolute atomic E-state index is 0.409. The Bertz CT molecular complexity index is 207. The summed E-state index contributed by atoms with van der Waals surface area (Å²) in [7, 11) is 4.34. The molecule has 5 heteroatoms. The third-order valence-corrected chi connectivity index (χ3v) is 2.02. The van der Waals surface area contributed by atoms with Crippen LogP contribution < -0.4 is 0 Å². The van der Waals surface area contributed by atoms with Gasteiger partial charge in [-0.3, -0.25) is 0 Å². The van der Waals surface area contributed by atoms with E-state index in [0.29, 0.717) is 0 Å². The number of rotatable bonds is 6. The molecule has 0 amide bonds. The van der Waals surface area contributed by atoms with Crippen molar-refractivity contribution in [2.24, 2.45) is 0 Å². The molecule has 0 aliphatic rings. The van der Waals surface area contributed by atoms with Crippen molar-refractivity contribution in [2.45, 2.75) is 18.8 Å². The molecule has 0 aliphatic heterocycles. The maximum atomic E-state index is 10.4. The van der Waals surface area contributed by atoms with E-state index in [-0.39, 0.29) is 0 Å². The van der Waals surface area contributed by atoms with Gasteiger partial charge in [0.2, 0.25) is 5.79 Å². The van der Waals surface area contributed by atoms with E-state index in [1.807, 2.05) is 0 Å². The van der Waals surface area contributed by atoms with Gasteiger partial charge in [0.05, 0.1) is 0 Å². The lowest BCUT2D eigenvalue weighted by Gasteiger charge is -2.32. The van der Waals surface area contributed by atoms with Crippen LogP contribution in [-0.2, 0) is 19.0 Å². The van der Waals surface area contributed by atoms with Crippen molar-refractivity contribution in [3.63, 3.8) is 0 Å². The highest BCUT2D eigenvalue weighted by Gasteiger charge is 2.34. The van der Waals surface area contributed by atoms with E-state index in [2.05, 4.69) is 0 Å². The predicted molar refractivity (Wildman–Crippen MR) is 50.0 cm³/mol. The molecule has 82 valence electrons. The molecule has 5 nitrogen and oxygen atoms in total. The van der Waals surface area contributed by atoms with Gasteiger partial charge in [-0.1, -0.05) is 0 Å². The lowest BCUT2D eigenvalue weighted by Crippen LogP contribution is -2.43. The Hall–Kier alpha value is -0.910. The lowest BCUT2D eigenvalue weighted by molar-refractivity contribution is -0.228. The molecular weight excluding hydrogens is 188 g/mol. The molecule has 0 saturated heterocycles. The molecule has 0 saturated carbocycles. The van der Waals surface area contributed by atoms with E-state index in [9.17, 15) is 4.79 Å². The maximum absolute atomic E-state index is 10.4. The van der Waals surface area contributed by atoms with Crippen molar-refractivity contribution in [2.75, 3.05) is 21.3 Å². The number of aliphatic carboxylic acids is 1. The van der Waals surface area contributed by atoms with Gasteiger partial charge in [-0.05, 0) is 13.0 Å². The van der Waals surface area contributed by atoms with Gasteiger partial charge in [-0.25, -0.2) is 4.79 Å². The Labute approximate surface area is 83.3 Å². The Morgan fingerprint density at radius 1 is 1.36 bits per heavy atom. The molecular formula is C9H16O5. The minimum atomic E-state index is -1.16. The summed E-state index contributed by atoms with van der Waals surface area (Å²) in [5, 5.41) is 8.48. The van der Waals surface area contributed by atoms with Crippen molar-refractivity contribution < 1.29 is 24.1 Å².